The molecule has 1 aliphatic rings. The van der Waals surface area contributed by atoms with Crippen LogP contribution >= 0.6 is 11.6 Å². The van der Waals surface area contributed by atoms with Crippen LogP contribution in [0.2, 0.25) is 5.02 Å². The third-order valence-corrected chi connectivity index (χ3v) is 5.98. The quantitative estimate of drug-likeness (QED) is 0.648. The number of nitrogens with zero attached hydrogens (tertiary/aromatic N) is 4. The fraction of sp³-hybridized carbons (Fsp3) is 0.318. The van der Waals surface area contributed by atoms with Crippen molar-refractivity contribution in [2.45, 2.75) is 12.8 Å². The molecular formula is C22H22ClN5O4. The molecule has 2 amide bonds. The summed E-state index contributed by atoms with van der Waals surface area (Å²) in [6.07, 6.45) is 2.77. The van der Waals surface area contributed by atoms with Crippen molar-refractivity contribution in [3.05, 3.63) is 68.0 Å². The number of anilines is 1. The number of carbonyl (C=O) groups excluding carboxylic acids is 2. The number of likely N-dealkylation sites (tertiary alicyclic amines) is 1. The highest BCUT2D eigenvalue weighted by Gasteiger charge is 2.29. The third-order valence-electron chi connectivity index (χ3n) is 5.73. The van der Waals surface area contributed by atoms with Gasteiger partial charge in [0.15, 0.2) is 0 Å². The molecule has 0 aliphatic carbocycles. The Labute approximate surface area is 188 Å². The summed E-state index contributed by atoms with van der Waals surface area (Å²) in [5, 5.41) is 3.58. The summed E-state index contributed by atoms with van der Waals surface area (Å²) in [4.78, 5) is 56.1. The fourth-order valence-electron chi connectivity index (χ4n) is 3.93. The number of carbonyl (C=O) groups is 2. The Balaban J connectivity index is 1.51. The number of rotatable bonds is 3. The van der Waals surface area contributed by atoms with Gasteiger partial charge in [-0.2, -0.15) is 0 Å². The topological polar surface area (TPSA) is 106 Å². The largest absolute Gasteiger partial charge is 0.338 e. The van der Waals surface area contributed by atoms with Crippen molar-refractivity contribution in [2.75, 3.05) is 18.4 Å². The van der Waals surface area contributed by atoms with E-state index in [0.717, 1.165) is 4.57 Å². The molecule has 1 fully saturated rings. The second-order valence-corrected chi connectivity index (χ2v) is 8.32. The highest BCUT2D eigenvalue weighted by atomic mass is 35.5. The van der Waals surface area contributed by atoms with Crippen molar-refractivity contribution in [1.82, 2.24) is 19.0 Å². The van der Waals surface area contributed by atoms with E-state index < -0.39 is 17.2 Å². The number of hydrogen-bond donors (Lipinski definition) is 1. The Bertz CT molecular complexity index is 1330. The molecule has 2 aromatic heterocycles. The number of hydrogen-bond acceptors (Lipinski definition) is 5. The van der Waals surface area contributed by atoms with Gasteiger partial charge in [-0.25, -0.2) is 9.78 Å². The molecule has 166 valence electrons. The first-order valence-corrected chi connectivity index (χ1v) is 10.6. The van der Waals surface area contributed by atoms with Gasteiger partial charge in [-0.05, 0) is 43.2 Å². The number of aromatic nitrogens is 3. The molecule has 1 saturated heterocycles. The smallest absolute Gasteiger partial charge is 0.332 e. The van der Waals surface area contributed by atoms with E-state index >= 15 is 0 Å². The summed E-state index contributed by atoms with van der Waals surface area (Å²) in [5.41, 5.74) is 0.173. The first kappa shape index (κ1) is 21.8. The number of pyridine rings is 1. The maximum Gasteiger partial charge on any atom is 0.332 e. The first-order chi connectivity index (χ1) is 15.3. The van der Waals surface area contributed by atoms with Gasteiger partial charge in [0.1, 0.15) is 5.65 Å². The Kier molecular flexibility index (Phi) is 5.84. The number of fused-ring (bicyclic) bond motifs is 1. The van der Waals surface area contributed by atoms with E-state index in [1.54, 1.807) is 29.2 Å². The van der Waals surface area contributed by atoms with Crippen molar-refractivity contribution in [3.8, 4) is 0 Å². The average molecular weight is 456 g/mol. The molecular weight excluding hydrogens is 434 g/mol. The van der Waals surface area contributed by atoms with E-state index in [2.05, 4.69) is 10.3 Å². The molecule has 0 spiro atoms. The Morgan fingerprint density at radius 1 is 1.12 bits per heavy atom. The van der Waals surface area contributed by atoms with Gasteiger partial charge in [0.2, 0.25) is 5.91 Å². The fourth-order valence-corrected chi connectivity index (χ4v) is 4.05. The summed E-state index contributed by atoms with van der Waals surface area (Å²) in [5.74, 6) is -0.781. The van der Waals surface area contributed by atoms with Crippen molar-refractivity contribution in [1.29, 1.82) is 0 Å². The molecule has 4 rings (SSSR count). The minimum atomic E-state index is -0.482. The van der Waals surface area contributed by atoms with Crippen molar-refractivity contribution >= 4 is 40.1 Å². The lowest BCUT2D eigenvalue weighted by Crippen LogP contribution is -2.43. The molecule has 9 nitrogen and oxygen atoms in total. The van der Waals surface area contributed by atoms with E-state index in [9.17, 15) is 19.2 Å². The van der Waals surface area contributed by atoms with Gasteiger partial charge < -0.3 is 10.2 Å². The van der Waals surface area contributed by atoms with Crippen LogP contribution in [0.1, 0.15) is 23.2 Å². The Morgan fingerprint density at radius 2 is 1.84 bits per heavy atom. The van der Waals surface area contributed by atoms with Crippen LogP contribution in [-0.2, 0) is 18.9 Å². The summed E-state index contributed by atoms with van der Waals surface area (Å²) in [7, 11) is 2.92. The minimum Gasteiger partial charge on any atom is -0.338 e. The lowest BCUT2D eigenvalue weighted by Gasteiger charge is -2.32. The van der Waals surface area contributed by atoms with Crippen LogP contribution in [0, 0.1) is 5.92 Å². The molecule has 32 heavy (non-hydrogen) atoms. The molecule has 0 bridgehead atoms. The van der Waals surface area contributed by atoms with E-state index in [0.29, 0.717) is 42.2 Å². The first-order valence-electron chi connectivity index (χ1n) is 10.2. The predicted molar refractivity (Wildman–Crippen MR) is 121 cm³/mol. The number of amides is 2. The summed E-state index contributed by atoms with van der Waals surface area (Å²) in [6, 6.07) is 8.18. The normalized spacial score (nSPS) is 16.2. The molecule has 3 aromatic rings. The Hall–Kier alpha value is -3.46. The van der Waals surface area contributed by atoms with Gasteiger partial charge in [-0.3, -0.25) is 23.5 Å². The number of benzene rings is 1. The van der Waals surface area contributed by atoms with Gasteiger partial charge in [0.05, 0.1) is 23.2 Å². The second-order valence-electron chi connectivity index (χ2n) is 7.89. The van der Waals surface area contributed by atoms with Crippen LogP contribution in [0.15, 0.2) is 46.1 Å². The van der Waals surface area contributed by atoms with Crippen LogP contribution in [-0.4, -0.2) is 43.9 Å². The molecule has 1 N–H and O–H groups in total. The monoisotopic (exact) mass is 455 g/mol. The average Bonchev–Trinajstić information content (AvgIpc) is 2.81. The third kappa shape index (κ3) is 4.03. The van der Waals surface area contributed by atoms with E-state index in [4.69, 9.17) is 11.6 Å². The standard InChI is InChI=1S/C22H22ClN5O4/c1-26-18-17(21(31)27(2)22(26)32)10-16(11-24-18)25-19(29)14-4-3-9-28(12-14)20(30)13-5-7-15(23)8-6-13/h5-8,10-11,14H,3-4,9,12H2,1-2H3,(H,25,29). The number of halogens is 1. The van der Waals surface area contributed by atoms with Crippen molar-refractivity contribution in [2.24, 2.45) is 20.0 Å². The van der Waals surface area contributed by atoms with Gasteiger partial charge in [0.25, 0.3) is 11.5 Å². The van der Waals surface area contributed by atoms with Crippen LogP contribution < -0.4 is 16.6 Å². The number of nitrogens with one attached hydrogen (secondary N) is 1. The van der Waals surface area contributed by atoms with Crippen LogP contribution in [0.4, 0.5) is 5.69 Å². The van der Waals surface area contributed by atoms with Crippen molar-refractivity contribution in [3.63, 3.8) is 0 Å². The maximum absolute atomic E-state index is 12.9. The maximum atomic E-state index is 12.9. The van der Waals surface area contributed by atoms with Gasteiger partial charge in [0, 0.05) is 37.8 Å². The van der Waals surface area contributed by atoms with Crippen LogP contribution in [0.3, 0.4) is 0 Å². The molecule has 10 heteroatoms. The predicted octanol–water partition coefficient (Wildman–Crippen LogP) is 1.78. The van der Waals surface area contributed by atoms with Crippen LogP contribution in [0.25, 0.3) is 11.0 Å². The Morgan fingerprint density at radius 3 is 2.56 bits per heavy atom. The second kappa shape index (κ2) is 8.58. The number of aryl methyl sites for hydroxylation is 1. The molecule has 1 aliphatic heterocycles. The highest BCUT2D eigenvalue weighted by molar-refractivity contribution is 6.30. The van der Waals surface area contributed by atoms with E-state index in [1.165, 1.54) is 30.9 Å². The molecule has 1 unspecified atom stereocenters. The van der Waals surface area contributed by atoms with Crippen molar-refractivity contribution < 1.29 is 9.59 Å². The molecule has 0 radical (unpaired) electrons. The van der Waals surface area contributed by atoms with Gasteiger partial charge in [-0.1, -0.05) is 11.6 Å². The zero-order valence-corrected chi connectivity index (χ0v) is 18.4. The molecule has 3 heterocycles. The lowest BCUT2D eigenvalue weighted by atomic mass is 9.96. The number of piperidine rings is 1. The van der Waals surface area contributed by atoms with E-state index in [-0.39, 0.29) is 22.8 Å². The zero-order valence-electron chi connectivity index (χ0n) is 17.7. The zero-order chi connectivity index (χ0) is 23.0. The lowest BCUT2D eigenvalue weighted by molar-refractivity contribution is -0.121. The summed E-state index contributed by atoms with van der Waals surface area (Å²) < 4.78 is 2.28. The van der Waals surface area contributed by atoms with E-state index in [1.807, 2.05) is 0 Å². The molecule has 1 aromatic carbocycles. The van der Waals surface area contributed by atoms with Gasteiger partial charge in [-0.15, -0.1) is 0 Å². The molecule has 0 saturated carbocycles. The SMILES string of the molecule is Cn1c(=O)c2cc(NC(=O)C3CCCN(C(=O)c4ccc(Cl)cc4)C3)cnc2n(C)c1=O. The van der Waals surface area contributed by atoms with Gasteiger partial charge >= 0.3 is 5.69 Å². The van der Waals surface area contributed by atoms with Crippen LogP contribution in [0.5, 0.6) is 0 Å². The molecule has 1 atom stereocenters. The highest BCUT2D eigenvalue weighted by Crippen LogP contribution is 2.22. The summed E-state index contributed by atoms with van der Waals surface area (Å²) >= 11 is 5.89. The summed E-state index contributed by atoms with van der Waals surface area (Å²) in [6.45, 7) is 0.872. The minimum absolute atomic E-state index is 0.143.